The van der Waals surface area contributed by atoms with Crippen molar-refractivity contribution in [1.82, 2.24) is 9.97 Å². The van der Waals surface area contributed by atoms with Crippen LogP contribution in [0.4, 0.5) is 5.69 Å². The maximum Gasteiger partial charge on any atom is 0.274 e. The van der Waals surface area contributed by atoms with Gasteiger partial charge in [-0.3, -0.25) is 4.79 Å². The van der Waals surface area contributed by atoms with E-state index in [9.17, 15) is 4.79 Å². The molecular formula is C13H10ClN3O2. The van der Waals surface area contributed by atoms with E-state index in [1.165, 1.54) is 0 Å². The highest BCUT2D eigenvalue weighted by molar-refractivity contribution is 6.30. The molecule has 0 radical (unpaired) electrons. The molecule has 0 aromatic carbocycles. The fraction of sp³-hybridized carbons (Fsp3) is 0.0769. The van der Waals surface area contributed by atoms with Crippen molar-refractivity contribution in [2.45, 2.75) is 6.54 Å². The van der Waals surface area contributed by atoms with Crippen LogP contribution in [0.3, 0.4) is 0 Å². The zero-order valence-corrected chi connectivity index (χ0v) is 10.6. The van der Waals surface area contributed by atoms with Crippen LogP contribution in [0.15, 0.2) is 45.9 Å². The van der Waals surface area contributed by atoms with Crippen LogP contribution in [0.25, 0.3) is 10.9 Å². The molecule has 3 rings (SSSR count). The van der Waals surface area contributed by atoms with Crippen molar-refractivity contribution >= 4 is 28.2 Å². The van der Waals surface area contributed by atoms with E-state index in [1.807, 2.05) is 12.1 Å². The van der Waals surface area contributed by atoms with Gasteiger partial charge in [0.05, 0.1) is 12.8 Å². The summed E-state index contributed by atoms with van der Waals surface area (Å²) < 4.78 is 5.24. The fourth-order valence-electron chi connectivity index (χ4n) is 1.88. The van der Waals surface area contributed by atoms with Crippen molar-refractivity contribution in [2.24, 2.45) is 0 Å². The van der Waals surface area contributed by atoms with Gasteiger partial charge < -0.3 is 14.7 Å². The number of furan rings is 1. The minimum atomic E-state index is -0.263. The van der Waals surface area contributed by atoms with Gasteiger partial charge in [-0.15, -0.1) is 0 Å². The second-order valence-electron chi connectivity index (χ2n) is 3.99. The average Bonchev–Trinajstić information content (AvgIpc) is 2.90. The summed E-state index contributed by atoms with van der Waals surface area (Å²) in [6.07, 6.45) is 3.19. The summed E-state index contributed by atoms with van der Waals surface area (Å²) in [5.41, 5.74) is 0.801. The molecule has 3 aromatic rings. The summed E-state index contributed by atoms with van der Waals surface area (Å²) >= 11 is 5.93. The Labute approximate surface area is 113 Å². The summed E-state index contributed by atoms with van der Waals surface area (Å²) in [5.74, 6) is 0.797. The molecule has 0 unspecified atom stereocenters. The maximum absolute atomic E-state index is 11.7. The van der Waals surface area contributed by atoms with Crippen LogP contribution < -0.4 is 10.9 Å². The number of aromatic amines is 1. The zero-order chi connectivity index (χ0) is 13.2. The number of pyridine rings is 2. The van der Waals surface area contributed by atoms with E-state index >= 15 is 0 Å². The van der Waals surface area contributed by atoms with Crippen molar-refractivity contribution < 1.29 is 4.42 Å². The number of halogens is 1. The van der Waals surface area contributed by atoms with Crippen LogP contribution in [-0.4, -0.2) is 9.97 Å². The second kappa shape index (κ2) is 4.78. The maximum atomic E-state index is 11.7. The Morgan fingerprint density at radius 3 is 3.11 bits per heavy atom. The van der Waals surface area contributed by atoms with E-state index in [0.29, 0.717) is 12.1 Å². The third-order valence-corrected chi connectivity index (χ3v) is 2.93. The first-order chi connectivity index (χ1) is 9.24. The molecule has 0 saturated heterocycles. The van der Waals surface area contributed by atoms with Gasteiger partial charge in [0.1, 0.15) is 16.4 Å². The van der Waals surface area contributed by atoms with Gasteiger partial charge in [-0.2, -0.15) is 0 Å². The Kier molecular flexibility index (Phi) is 2.97. The van der Waals surface area contributed by atoms with E-state index in [2.05, 4.69) is 15.3 Å². The molecule has 3 aromatic heterocycles. The number of anilines is 1. The van der Waals surface area contributed by atoms with Gasteiger partial charge in [-0.25, -0.2) is 4.98 Å². The molecule has 0 bridgehead atoms. The lowest BCUT2D eigenvalue weighted by Gasteiger charge is -2.08. The molecule has 3 heterocycles. The molecule has 0 amide bonds. The van der Waals surface area contributed by atoms with Crippen LogP contribution in [-0.2, 0) is 6.54 Å². The van der Waals surface area contributed by atoms with Gasteiger partial charge in [0, 0.05) is 17.3 Å². The van der Waals surface area contributed by atoms with Gasteiger partial charge >= 0.3 is 0 Å². The molecule has 19 heavy (non-hydrogen) atoms. The number of fused-ring (bicyclic) bond motifs is 1. The first-order valence-electron chi connectivity index (χ1n) is 5.68. The molecule has 0 aliphatic rings. The molecule has 0 spiro atoms. The molecule has 5 nitrogen and oxygen atoms in total. The first kappa shape index (κ1) is 11.8. The lowest BCUT2D eigenvalue weighted by Crippen LogP contribution is -2.08. The van der Waals surface area contributed by atoms with Gasteiger partial charge in [-0.1, -0.05) is 11.6 Å². The Hall–Kier alpha value is -2.27. The summed E-state index contributed by atoms with van der Waals surface area (Å²) in [6.45, 7) is 0.509. The minimum Gasteiger partial charge on any atom is -0.467 e. The predicted octanol–water partition coefficient (Wildman–Crippen LogP) is 2.78. The van der Waals surface area contributed by atoms with Gasteiger partial charge in [0.2, 0.25) is 0 Å². The smallest absolute Gasteiger partial charge is 0.274 e. The lowest BCUT2D eigenvalue weighted by atomic mass is 10.2. The standard InChI is InChI=1S/C13H10ClN3O2/c14-11-6-10(16-7-8-2-1-5-19-8)9-3-4-15-13(18)12(9)17-11/h1-6H,7H2,(H,15,18)(H,16,17). The highest BCUT2D eigenvalue weighted by Gasteiger charge is 2.07. The number of hydrogen-bond acceptors (Lipinski definition) is 4. The molecule has 96 valence electrons. The molecule has 0 saturated carbocycles. The Morgan fingerprint density at radius 2 is 2.32 bits per heavy atom. The van der Waals surface area contributed by atoms with Crippen LogP contribution in [0.2, 0.25) is 5.15 Å². The van der Waals surface area contributed by atoms with Crippen LogP contribution in [0, 0.1) is 0 Å². The Morgan fingerprint density at radius 1 is 1.42 bits per heavy atom. The fourth-order valence-corrected chi connectivity index (χ4v) is 2.07. The average molecular weight is 276 g/mol. The highest BCUT2D eigenvalue weighted by atomic mass is 35.5. The van der Waals surface area contributed by atoms with Crippen LogP contribution in [0.1, 0.15) is 5.76 Å². The Bertz CT molecular complexity index is 765. The number of hydrogen-bond donors (Lipinski definition) is 2. The lowest BCUT2D eigenvalue weighted by molar-refractivity contribution is 0.518. The topological polar surface area (TPSA) is 70.9 Å². The molecule has 6 heteroatoms. The van der Waals surface area contributed by atoms with E-state index in [1.54, 1.807) is 24.6 Å². The number of aromatic nitrogens is 2. The summed E-state index contributed by atoms with van der Waals surface area (Å²) in [5, 5.41) is 4.18. The van der Waals surface area contributed by atoms with Crippen molar-refractivity contribution in [3.8, 4) is 0 Å². The van der Waals surface area contributed by atoms with Crippen molar-refractivity contribution in [2.75, 3.05) is 5.32 Å². The minimum absolute atomic E-state index is 0.263. The van der Waals surface area contributed by atoms with Gasteiger partial charge in [-0.05, 0) is 24.3 Å². The highest BCUT2D eigenvalue weighted by Crippen LogP contribution is 2.23. The molecule has 0 aliphatic carbocycles. The predicted molar refractivity (Wildman–Crippen MR) is 73.4 cm³/mol. The summed E-state index contributed by atoms with van der Waals surface area (Å²) in [7, 11) is 0. The first-order valence-corrected chi connectivity index (χ1v) is 6.06. The molecule has 0 aliphatic heterocycles. The normalized spacial score (nSPS) is 10.8. The third-order valence-electron chi connectivity index (χ3n) is 2.74. The SMILES string of the molecule is O=c1[nH]ccc2c(NCc3ccco3)cc(Cl)nc12. The van der Waals surface area contributed by atoms with Gasteiger partial charge in [0.25, 0.3) is 5.56 Å². The zero-order valence-electron chi connectivity index (χ0n) is 9.81. The van der Waals surface area contributed by atoms with E-state index < -0.39 is 0 Å². The quantitative estimate of drug-likeness (QED) is 0.721. The van der Waals surface area contributed by atoms with Crippen molar-refractivity contribution in [3.63, 3.8) is 0 Å². The molecular weight excluding hydrogens is 266 g/mol. The summed E-state index contributed by atoms with van der Waals surface area (Å²) in [4.78, 5) is 18.3. The second-order valence-corrected chi connectivity index (χ2v) is 4.38. The van der Waals surface area contributed by atoms with E-state index in [0.717, 1.165) is 16.8 Å². The molecule has 2 N–H and O–H groups in total. The number of rotatable bonds is 3. The number of nitrogens with one attached hydrogen (secondary N) is 2. The third kappa shape index (κ3) is 2.32. The molecule has 0 atom stereocenters. The van der Waals surface area contributed by atoms with Crippen molar-refractivity contribution in [3.05, 3.63) is 58.0 Å². The molecule has 0 fully saturated rings. The number of H-pyrrole nitrogens is 1. The monoisotopic (exact) mass is 275 g/mol. The van der Waals surface area contributed by atoms with E-state index in [-0.39, 0.29) is 10.7 Å². The Balaban J connectivity index is 2.03. The van der Waals surface area contributed by atoms with Crippen LogP contribution in [0.5, 0.6) is 0 Å². The largest absolute Gasteiger partial charge is 0.467 e. The van der Waals surface area contributed by atoms with Crippen molar-refractivity contribution in [1.29, 1.82) is 0 Å². The van der Waals surface area contributed by atoms with E-state index in [4.69, 9.17) is 16.0 Å². The number of nitrogens with zero attached hydrogens (tertiary/aromatic N) is 1. The van der Waals surface area contributed by atoms with Crippen LogP contribution >= 0.6 is 11.6 Å². The summed E-state index contributed by atoms with van der Waals surface area (Å²) in [6, 6.07) is 7.15. The van der Waals surface area contributed by atoms with Gasteiger partial charge in [0.15, 0.2) is 0 Å².